The fourth-order valence-electron chi connectivity index (χ4n) is 4.20. The molecule has 0 radical (unpaired) electrons. The van der Waals surface area contributed by atoms with Crippen molar-refractivity contribution in [2.24, 2.45) is 0 Å². The third kappa shape index (κ3) is 6.87. The van der Waals surface area contributed by atoms with E-state index in [2.05, 4.69) is 4.74 Å². The molecule has 1 saturated heterocycles. The summed E-state index contributed by atoms with van der Waals surface area (Å²) in [7, 11) is 0. The van der Waals surface area contributed by atoms with Crippen LogP contribution in [0, 0.1) is 0 Å². The van der Waals surface area contributed by atoms with E-state index in [9.17, 15) is 49.1 Å². The Morgan fingerprint density at radius 3 is 2.00 bits per heavy atom. The number of ether oxygens (including phenoxy) is 2. The summed E-state index contributed by atoms with van der Waals surface area (Å²) >= 11 is 0. The molecule has 1 aliphatic rings. The van der Waals surface area contributed by atoms with Crippen molar-refractivity contribution in [3.63, 3.8) is 0 Å². The Hall–Kier alpha value is -3.65. The van der Waals surface area contributed by atoms with Crippen LogP contribution >= 0.6 is 0 Å². The molecule has 15 heteroatoms. The maximum atomic E-state index is 13.3. The summed E-state index contributed by atoms with van der Waals surface area (Å²) in [5, 5.41) is 0. The molecule has 39 heavy (non-hydrogen) atoms. The van der Waals surface area contributed by atoms with Crippen molar-refractivity contribution in [1.82, 2.24) is 4.90 Å². The number of rotatable bonds is 6. The maximum Gasteiger partial charge on any atom is 0.573 e. The van der Waals surface area contributed by atoms with Crippen LogP contribution in [0.1, 0.15) is 49.1 Å². The lowest BCUT2D eigenvalue weighted by molar-refractivity contribution is -0.274. The second-order valence-electron chi connectivity index (χ2n) is 8.61. The Morgan fingerprint density at radius 1 is 0.974 bits per heavy atom. The van der Waals surface area contributed by atoms with Gasteiger partial charge in [-0.1, -0.05) is 0 Å². The highest BCUT2D eigenvalue weighted by Gasteiger charge is 2.43. The van der Waals surface area contributed by atoms with Crippen LogP contribution in [-0.4, -0.2) is 35.8 Å². The second-order valence-corrected chi connectivity index (χ2v) is 8.61. The predicted molar refractivity (Wildman–Crippen MR) is 117 cm³/mol. The number of alkyl halides is 9. The van der Waals surface area contributed by atoms with E-state index in [0.717, 1.165) is 23.1 Å². The first-order chi connectivity index (χ1) is 17.8. The highest BCUT2D eigenvalue weighted by atomic mass is 19.4. The number of hydrogen-bond donors (Lipinski definition) is 0. The molecule has 2 aromatic carbocycles. The van der Waals surface area contributed by atoms with E-state index in [1.807, 2.05) is 0 Å². The summed E-state index contributed by atoms with van der Waals surface area (Å²) in [5.41, 5.74) is -3.69. The standard InChI is InChI=1S/C24H21F9N2O4/c1-4-34(13(3)36)19-6-5-18(39-24(31,32)33)9-15(19)11-35-12(2)20(38-21(35)37)14-7-16(22(25,26)27)10-17(8-14)23(28,29)30/h5-10,12,20H,4,11H2,1-3H3/t12-,20-/m0/s1. The number of carbonyl (C=O) groups is 2. The summed E-state index contributed by atoms with van der Waals surface area (Å²) in [6.07, 6.45) is -18.0. The molecule has 0 saturated carbocycles. The molecule has 3 rings (SSSR count). The summed E-state index contributed by atoms with van der Waals surface area (Å²) < 4.78 is 127. The number of benzene rings is 2. The SMILES string of the molecule is CCN(C(C)=O)c1ccc(OC(F)(F)F)cc1CN1C(=O)O[C@H](c2cc(C(F)(F)F)cc(C(F)(F)F)c2)[C@@H]1C. The molecule has 0 aromatic heterocycles. The molecule has 1 aliphatic heterocycles. The number of carbonyl (C=O) groups excluding carboxylic acids is 2. The highest BCUT2D eigenvalue weighted by Crippen LogP contribution is 2.41. The molecule has 2 atom stereocenters. The van der Waals surface area contributed by atoms with Gasteiger partial charge in [-0.2, -0.15) is 26.3 Å². The topological polar surface area (TPSA) is 59.1 Å². The van der Waals surface area contributed by atoms with Gasteiger partial charge in [0.25, 0.3) is 0 Å². The number of nitrogens with zero attached hydrogens (tertiary/aromatic N) is 2. The van der Waals surface area contributed by atoms with Gasteiger partial charge >= 0.3 is 24.8 Å². The van der Waals surface area contributed by atoms with E-state index in [0.29, 0.717) is 12.1 Å². The minimum atomic E-state index is -5.13. The fourth-order valence-corrected chi connectivity index (χ4v) is 4.20. The average Bonchev–Trinajstić information content (AvgIpc) is 3.06. The first-order valence-corrected chi connectivity index (χ1v) is 11.2. The van der Waals surface area contributed by atoms with Crippen LogP contribution in [0.3, 0.4) is 0 Å². The Kier molecular flexibility index (Phi) is 8.04. The molecule has 0 aliphatic carbocycles. The molecule has 214 valence electrons. The summed E-state index contributed by atoms with van der Waals surface area (Å²) in [6, 6.07) is 2.68. The van der Waals surface area contributed by atoms with E-state index < -0.39 is 71.8 Å². The fraction of sp³-hybridized carbons (Fsp3) is 0.417. The number of amides is 2. The summed E-state index contributed by atoms with van der Waals surface area (Å²) in [5.74, 6) is -1.16. The lowest BCUT2D eigenvalue weighted by atomic mass is 9.97. The number of cyclic esters (lactones) is 1. The largest absolute Gasteiger partial charge is 0.573 e. The summed E-state index contributed by atoms with van der Waals surface area (Å²) in [6.45, 7) is 3.66. The lowest BCUT2D eigenvalue weighted by Crippen LogP contribution is -2.34. The van der Waals surface area contributed by atoms with Crippen LogP contribution in [0.5, 0.6) is 5.75 Å². The van der Waals surface area contributed by atoms with Crippen molar-refractivity contribution in [2.45, 2.75) is 58.2 Å². The van der Waals surface area contributed by atoms with Crippen LogP contribution in [0.2, 0.25) is 0 Å². The number of anilines is 1. The number of hydrogen-bond acceptors (Lipinski definition) is 4. The van der Waals surface area contributed by atoms with Gasteiger partial charge in [-0.05, 0) is 61.4 Å². The number of halogens is 9. The van der Waals surface area contributed by atoms with Gasteiger partial charge < -0.3 is 14.4 Å². The van der Waals surface area contributed by atoms with Gasteiger partial charge in [0, 0.05) is 19.2 Å². The molecule has 0 N–H and O–H groups in total. The first kappa shape index (κ1) is 29.9. The van der Waals surface area contributed by atoms with Crippen molar-refractivity contribution in [2.75, 3.05) is 11.4 Å². The molecule has 1 fully saturated rings. The lowest BCUT2D eigenvalue weighted by Gasteiger charge is -2.27. The Bertz CT molecular complexity index is 1210. The molecular formula is C24H21F9N2O4. The second kappa shape index (κ2) is 10.5. The minimum Gasteiger partial charge on any atom is -0.439 e. The smallest absolute Gasteiger partial charge is 0.439 e. The quantitative estimate of drug-likeness (QED) is 0.348. The van der Waals surface area contributed by atoms with Gasteiger partial charge in [0.2, 0.25) is 5.91 Å². The van der Waals surface area contributed by atoms with Crippen molar-refractivity contribution < 1.29 is 58.6 Å². The van der Waals surface area contributed by atoms with E-state index in [1.165, 1.54) is 18.7 Å². The van der Waals surface area contributed by atoms with Gasteiger partial charge in [0.15, 0.2) is 0 Å². The molecule has 0 bridgehead atoms. The van der Waals surface area contributed by atoms with Gasteiger partial charge in [0.1, 0.15) is 11.9 Å². The maximum absolute atomic E-state index is 13.3. The molecule has 2 amide bonds. The van der Waals surface area contributed by atoms with Crippen LogP contribution in [-0.2, 0) is 28.4 Å². The van der Waals surface area contributed by atoms with Crippen molar-refractivity contribution >= 4 is 17.7 Å². The Morgan fingerprint density at radius 2 is 1.54 bits per heavy atom. The third-order valence-corrected chi connectivity index (χ3v) is 5.94. The average molecular weight is 572 g/mol. The third-order valence-electron chi connectivity index (χ3n) is 5.94. The zero-order valence-electron chi connectivity index (χ0n) is 20.5. The van der Waals surface area contributed by atoms with E-state index >= 15 is 0 Å². The Balaban J connectivity index is 2.03. The monoisotopic (exact) mass is 572 g/mol. The molecular weight excluding hydrogens is 551 g/mol. The van der Waals surface area contributed by atoms with Gasteiger partial charge in [-0.25, -0.2) is 4.79 Å². The zero-order valence-corrected chi connectivity index (χ0v) is 20.5. The van der Waals surface area contributed by atoms with Crippen LogP contribution in [0.4, 0.5) is 50.0 Å². The molecule has 1 heterocycles. The van der Waals surface area contributed by atoms with E-state index in [1.54, 1.807) is 6.92 Å². The van der Waals surface area contributed by atoms with Gasteiger partial charge in [0.05, 0.1) is 23.7 Å². The first-order valence-electron chi connectivity index (χ1n) is 11.2. The predicted octanol–water partition coefficient (Wildman–Crippen LogP) is 7.08. The normalized spacial score (nSPS) is 18.3. The highest BCUT2D eigenvalue weighted by molar-refractivity contribution is 5.92. The van der Waals surface area contributed by atoms with Gasteiger partial charge in [-0.3, -0.25) is 9.69 Å². The van der Waals surface area contributed by atoms with Crippen molar-refractivity contribution in [3.8, 4) is 5.75 Å². The molecule has 0 spiro atoms. The van der Waals surface area contributed by atoms with Crippen LogP contribution in [0.15, 0.2) is 36.4 Å². The van der Waals surface area contributed by atoms with E-state index in [4.69, 9.17) is 4.74 Å². The van der Waals surface area contributed by atoms with Crippen molar-refractivity contribution in [3.05, 3.63) is 58.7 Å². The van der Waals surface area contributed by atoms with E-state index in [-0.39, 0.29) is 23.9 Å². The molecule has 0 unspecified atom stereocenters. The van der Waals surface area contributed by atoms with Crippen molar-refractivity contribution in [1.29, 1.82) is 0 Å². The molecule has 6 nitrogen and oxygen atoms in total. The van der Waals surface area contributed by atoms with Crippen LogP contribution in [0.25, 0.3) is 0 Å². The zero-order chi connectivity index (χ0) is 29.5. The minimum absolute atomic E-state index is 0.0155. The molecule has 2 aromatic rings. The Labute approximate surface area is 215 Å². The van der Waals surface area contributed by atoms with Gasteiger partial charge in [-0.15, -0.1) is 13.2 Å². The summed E-state index contributed by atoms with van der Waals surface area (Å²) in [4.78, 5) is 26.9. The van der Waals surface area contributed by atoms with Crippen LogP contribution < -0.4 is 9.64 Å².